The molecule has 2 nitrogen and oxygen atoms in total. The van der Waals surface area contributed by atoms with E-state index < -0.39 is 0 Å². The van der Waals surface area contributed by atoms with Gasteiger partial charge in [0, 0.05) is 24.7 Å². The van der Waals surface area contributed by atoms with Crippen LogP contribution in [0.5, 0.6) is 0 Å². The van der Waals surface area contributed by atoms with Crippen molar-refractivity contribution in [2.75, 3.05) is 7.05 Å². The van der Waals surface area contributed by atoms with Gasteiger partial charge in [-0.1, -0.05) is 40.2 Å². The molecular weight excluding hydrogens is 208 g/mol. The zero-order valence-electron chi connectivity index (χ0n) is 12.2. The zero-order valence-corrected chi connectivity index (χ0v) is 12.2. The Bertz CT molecular complexity index is 316. The highest BCUT2D eigenvalue weighted by Crippen LogP contribution is 2.53. The second-order valence-corrected chi connectivity index (χ2v) is 5.80. The Morgan fingerprint density at radius 3 is 2.24 bits per heavy atom. The van der Waals surface area contributed by atoms with Crippen LogP contribution in [0.1, 0.15) is 47.5 Å². The van der Waals surface area contributed by atoms with Gasteiger partial charge in [0.1, 0.15) is 0 Å². The average Bonchev–Trinajstić information content (AvgIpc) is 2.51. The molecule has 0 heterocycles. The molecule has 1 rings (SSSR count). The van der Waals surface area contributed by atoms with Crippen LogP contribution in [0.3, 0.4) is 0 Å². The zero-order chi connectivity index (χ0) is 13.2. The maximum Gasteiger partial charge on any atom is 0.0277 e. The van der Waals surface area contributed by atoms with E-state index in [9.17, 15) is 0 Å². The van der Waals surface area contributed by atoms with Gasteiger partial charge in [-0.25, -0.2) is 0 Å². The van der Waals surface area contributed by atoms with Gasteiger partial charge in [0.05, 0.1) is 0 Å². The number of rotatable bonds is 4. The highest BCUT2D eigenvalue weighted by molar-refractivity contribution is 5.81. The van der Waals surface area contributed by atoms with Crippen LogP contribution in [0.25, 0.3) is 0 Å². The molecule has 0 bridgehead atoms. The Balaban J connectivity index is 3.36. The Kier molecular flexibility index (Phi) is 4.54. The predicted molar refractivity (Wildman–Crippen MR) is 76.4 cm³/mol. The van der Waals surface area contributed by atoms with Gasteiger partial charge in [0.15, 0.2) is 0 Å². The lowest BCUT2D eigenvalue weighted by Gasteiger charge is -2.44. The van der Waals surface area contributed by atoms with E-state index in [4.69, 9.17) is 5.73 Å². The third-order valence-electron chi connectivity index (χ3n) is 4.51. The van der Waals surface area contributed by atoms with Crippen molar-refractivity contribution in [1.82, 2.24) is 0 Å². The van der Waals surface area contributed by atoms with E-state index >= 15 is 0 Å². The van der Waals surface area contributed by atoms with Crippen molar-refractivity contribution in [3.05, 3.63) is 11.1 Å². The summed E-state index contributed by atoms with van der Waals surface area (Å²) in [5.41, 5.74) is 9.58. The Morgan fingerprint density at radius 2 is 1.88 bits per heavy atom. The van der Waals surface area contributed by atoms with Gasteiger partial charge in [-0.3, -0.25) is 4.99 Å². The minimum absolute atomic E-state index is 0.158. The molecule has 0 radical (unpaired) electrons. The third-order valence-corrected chi connectivity index (χ3v) is 4.51. The fourth-order valence-corrected chi connectivity index (χ4v) is 4.07. The second kappa shape index (κ2) is 5.34. The molecule has 0 aromatic heterocycles. The van der Waals surface area contributed by atoms with E-state index in [1.54, 1.807) is 5.57 Å². The maximum absolute atomic E-state index is 6.50. The van der Waals surface area contributed by atoms with Crippen LogP contribution in [0.4, 0.5) is 0 Å². The minimum Gasteiger partial charge on any atom is -0.327 e. The highest BCUT2D eigenvalue weighted by Gasteiger charge is 2.49. The molecule has 0 aromatic carbocycles. The first-order valence-electron chi connectivity index (χ1n) is 6.83. The van der Waals surface area contributed by atoms with Crippen molar-refractivity contribution < 1.29 is 0 Å². The number of hydrogen-bond donors (Lipinski definition) is 1. The van der Waals surface area contributed by atoms with Crippen LogP contribution in [0.15, 0.2) is 16.1 Å². The molecule has 0 saturated heterocycles. The fraction of sp³-hybridized carbons (Fsp3) is 0.800. The van der Waals surface area contributed by atoms with Crippen LogP contribution >= 0.6 is 0 Å². The molecule has 1 atom stereocenters. The smallest absolute Gasteiger partial charge is 0.0277 e. The van der Waals surface area contributed by atoms with Gasteiger partial charge >= 0.3 is 0 Å². The van der Waals surface area contributed by atoms with E-state index in [-0.39, 0.29) is 11.5 Å². The lowest BCUT2D eigenvalue weighted by molar-refractivity contribution is 0.132. The largest absolute Gasteiger partial charge is 0.327 e. The first-order valence-corrected chi connectivity index (χ1v) is 6.83. The normalized spacial score (nSPS) is 24.6. The topological polar surface area (TPSA) is 38.4 Å². The first-order chi connectivity index (χ1) is 7.92. The summed E-state index contributed by atoms with van der Waals surface area (Å²) in [5, 5.41) is 0. The van der Waals surface area contributed by atoms with Crippen LogP contribution in [-0.2, 0) is 0 Å². The van der Waals surface area contributed by atoms with Gasteiger partial charge in [-0.05, 0) is 30.3 Å². The molecule has 1 aliphatic rings. The number of hydrogen-bond acceptors (Lipinski definition) is 2. The van der Waals surface area contributed by atoms with Crippen molar-refractivity contribution in [2.45, 2.75) is 53.5 Å². The van der Waals surface area contributed by atoms with Crippen molar-refractivity contribution >= 4 is 6.21 Å². The minimum atomic E-state index is 0.158. The average molecular weight is 236 g/mol. The quantitative estimate of drug-likeness (QED) is 0.746. The monoisotopic (exact) mass is 236 g/mol. The second-order valence-electron chi connectivity index (χ2n) is 5.80. The molecule has 0 fully saturated rings. The summed E-state index contributed by atoms with van der Waals surface area (Å²) in [4.78, 5) is 4.20. The Morgan fingerprint density at radius 1 is 1.35 bits per heavy atom. The molecule has 0 saturated carbocycles. The molecule has 2 heteroatoms. The molecule has 1 aliphatic carbocycles. The standard InChI is InChI=1S/C15H28N2/c1-7-13-12(9-17-6)8-14(16)15(13,10(2)3)11(4)5/h9-11,14H,7-8,16H2,1-6H3. The predicted octanol–water partition coefficient (Wildman–Crippen LogP) is 3.42. The van der Waals surface area contributed by atoms with Crippen LogP contribution < -0.4 is 5.73 Å². The van der Waals surface area contributed by atoms with Gasteiger partial charge in [-0.2, -0.15) is 0 Å². The van der Waals surface area contributed by atoms with Crippen LogP contribution in [-0.4, -0.2) is 19.3 Å². The summed E-state index contributed by atoms with van der Waals surface area (Å²) >= 11 is 0. The molecular formula is C15H28N2. The number of nitrogens with zero attached hydrogens (tertiary/aromatic N) is 1. The molecule has 0 amide bonds. The van der Waals surface area contributed by atoms with Crippen molar-refractivity contribution in [3.63, 3.8) is 0 Å². The van der Waals surface area contributed by atoms with E-state index in [1.807, 2.05) is 13.3 Å². The summed E-state index contributed by atoms with van der Waals surface area (Å²) in [6.45, 7) is 11.5. The molecule has 1 unspecified atom stereocenters. The molecule has 0 spiro atoms. The summed E-state index contributed by atoms with van der Waals surface area (Å²) in [6.07, 6.45) is 4.09. The van der Waals surface area contributed by atoms with Crippen LogP contribution in [0, 0.1) is 17.3 Å². The summed E-state index contributed by atoms with van der Waals surface area (Å²) in [7, 11) is 1.84. The first kappa shape index (κ1) is 14.4. The Hall–Kier alpha value is -0.630. The SMILES string of the molecule is CCC1=C(C=NC)CC(N)C1(C(C)C)C(C)C. The lowest BCUT2D eigenvalue weighted by atomic mass is 9.62. The molecule has 17 heavy (non-hydrogen) atoms. The van der Waals surface area contributed by atoms with Crippen molar-refractivity contribution in [2.24, 2.45) is 28.0 Å². The molecule has 2 N–H and O–H groups in total. The summed E-state index contributed by atoms with van der Waals surface area (Å²) < 4.78 is 0. The van der Waals surface area contributed by atoms with Gasteiger partial charge in [-0.15, -0.1) is 0 Å². The van der Waals surface area contributed by atoms with Crippen molar-refractivity contribution in [1.29, 1.82) is 0 Å². The van der Waals surface area contributed by atoms with Crippen LogP contribution in [0.2, 0.25) is 0 Å². The molecule has 0 aliphatic heterocycles. The van der Waals surface area contributed by atoms with E-state index in [0.717, 1.165) is 12.8 Å². The highest BCUT2D eigenvalue weighted by atomic mass is 14.8. The van der Waals surface area contributed by atoms with E-state index in [1.165, 1.54) is 5.57 Å². The molecule has 98 valence electrons. The number of nitrogens with two attached hydrogens (primary N) is 1. The van der Waals surface area contributed by atoms with E-state index in [2.05, 4.69) is 39.6 Å². The van der Waals surface area contributed by atoms with Crippen molar-refractivity contribution in [3.8, 4) is 0 Å². The van der Waals surface area contributed by atoms with Gasteiger partial charge in [0.25, 0.3) is 0 Å². The fourth-order valence-electron chi connectivity index (χ4n) is 4.07. The van der Waals surface area contributed by atoms with Gasteiger partial charge < -0.3 is 5.73 Å². The van der Waals surface area contributed by atoms with Gasteiger partial charge in [0.2, 0.25) is 0 Å². The Labute approximate surface area is 106 Å². The third kappa shape index (κ3) is 2.08. The maximum atomic E-state index is 6.50. The van der Waals surface area contributed by atoms with E-state index in [0.29, 0.717) is 11.8 Å². The summed E-state index contributed by atoms with van der Waals surface area (Å²) in [5.74, 6) is 1.16. The lowest BCUT2D eigenvalue weighted by Crippen LogP contribution is -2.47. The number of aliphatic imine (C=N–C) groups is 1. The summed E-state index contributed by atoms with van der Waals surface area (Å²) in [6, 6.07) is 0.241. The molecule has 0 aromatic rings.